The van der Waals surface area contributed by atoms with Crippen LogP contribution in [0.1, 0.15) is 11.3 Å². The molecule has 1 aliphatic rings. The predicted octanol–water partition coefficient (Wildman–Crippen LogP) is 1.22. The second kappa shape index (κ2) is 4.21. The van der Waals surface area contributed by atoms with Gasteiger partial charge < -0.3 is 10.2 Å². The average molecular weight is 257 g/mol. The van der Waals surface area contributed by atoms with Crippen LogP contribution in [0.3, 0.4) is 0 Å². The summed E-state index contributed by atoms with van der Waals surface area (Å²) in [5.74, 6) is -1.18. The third-order valence-electron chi connectivity index (χ3n) is 2.67. The molecule has 0 saturated heterocycles. The lowest BCUT2D eigenvalue weighted by atomic mass is 9.99. The van der Waals surface area contributed by atoms with Gasteiger partial charge >= 0.3 is 12.1 Å². The quantitative estimate of drug-likeness (QED) is 0.738. The summed E-state index contributed by atoms with van der Waals surface area (Å²) in [5.41, 5.74) is 1.23. The molecule has 0 radical (unpaired) electrons. The number of aromatic nitrogens is 1. The second-order valence-electron chi connectivity index (χ2n) is 3.71. The van der Waals surface area contributed by atoms with Crippen LogP contribution >= 0.6 is 11.6 Å². The normalized spacial score (nSPS) is 18.6. The molecular formula is C10H9ClN2O4. The summed E-state index contributed by atoms with van der Waals surface area (Å²) in [5, 5.41) is 18.2. The lowest BCUT2D eigenvalue weighted by Crippen LogP contribution is -2.48. The monoisotopic (exact) mass is 256 g/mol. The Balaban J connectivity index is 2.39. The van der Waals surface area contributed by atoms with E-state index >= 15 is 0 Å². The van der Waals surface area contributed by atoms with Crippen LogP contribution < -0.4 is 0 Å². The maximum absolute atomic E-state index is 11.0. The van der Waals surface area contributed by atoms with Crippen molar-refractivity contribution in [2.45, 2.75) is 19.0 Å². The van der Waals surface area contributed by atoms with E-state index in [0.29, 0.717) is 11.3 Å². The molecule has 1 aromatic rings. The van der Waals surface area contributed by atoms with Gasteiger partial charge in [-0.15, -0.1) is 0 Å². The smallest absolute Gasteiger partial charge is 0.408 e. The molecule has 1 aromatic heterocycles. The lowest BCUT2D eigenvalue weighted by Gasteiger charge is -2.31. The van der Waals surface area contributed by atoms with Gasteiger partial charge in [-0.05, 0) is 11.6 Å². The molecule has 1 unspecified atom stereocenters. The molecule has 1 amide bonds. The van der Waals surface area contributed by atoms with Crippen molar-refractivity contribution >= 4 is 23.7 Å². The van der Waals surface area contributed by atoms with Gasteiger partial charge in [0, 0.05) is 12.1 Å². The first-order valence-corrected chi connectivity index (χ1v) is 5.23. The summed E-state index contributed by atoms with van der Waals surface area (Å²) in [4.78, 5) is 26.9. The number of aliphatic carboxylic acids is 1. The first-order valence-electron chi connectivity index (χ1n) is 4.85. The molecular weight excluding hydrogens is 248 g/mol. The van der Waals surface area contributed by atoms with Gasteiger partial charge in [-0.25, -0.2) is 14.6 Å². The predicted molar refractivity (Wildman–Crippen MR) is 57.9 cm³/mol. The number of rotatable bonds is 1. The minimum atomic E-state index is -1.25. The van der Waals surface area contributed by atoms with Gasteiger partial charge in [0.05, 0.1) is 6.54 Å². The Kier molecular flexibility index (Phi) is 2.89. The maximum Gasteiger partial charge on any atom is 0.408 e. The number of fused-ring (bicyclic) bond motifs is 1. The fraction of sp³-hybridized carbons (Fsp3) is 0.300. The van der Waals surface area contributed by atoms with Crippen molar-refractivity contribution in [2.75, 3.05) is 0 Å². The van der Waals surface area contributed by atoms with Crippen molar-refractivity contribution in [3.63, 3.8) is 0 Å². The molecule has 2 heterocycles. The zero-order chi connectivity index (χ0) is 12.6. The summed E-state index contributed by atoms with van der Waals surface area (Å²) in [6, 6.07) is 2.12. The summed E-state index contributed by atoms with van der Waals surface area (Å²) >= 11 is 5.71. The molecule has 90 valence electrons. The molecule has 7 heteroatoms. The molecule has 6 nitrogen and oxygen atoms in total. The van der Waals surface area contributed by atoms with Crippen LogP contribution in [0.15, 0.2) is 12.1 Å². The molecule has 0 bridgehead atoms. The first kappa shape index (κ1) is 11.7. The van der Waals surface area contributed by atoms with Crippen molar-refractivity contribution in [1.82, 2.24) is 9.88 Å². The fourth-order valence-corrected chi connectivity index (χ4v) is 2.00. The number of carboxylic acid groups (broad SMARTS) is 2. The van der Waals surface area contributed by atoms with Crippen LogP contribution in [0.2, 0.25) is 5.15 Å². The van der Waals surface area contributed by atoms with E-state index < -0.39 is 18.1 Å². The SMILES string of the molecule is O=C(O)C1Cc2nc(Cl)ccc2CN1C(=O)O. The number of pyridine rings is 1. The van der Waals surface area contributed by atoms with E-state index in [9.17, 15) is 9.59 Å². The van der Waals surface area contributed by atoms with Gasteiger partial charge in [0.2, 0.25) is 0 Å². The van der Waals surface area contributed by atoms with E-state index in [1.54, 1.807) is 12.1 Å². The molecule has 1 aliphatic heterocycles. The highest BCUT2D eigenvalue weighted by molar-refractivity contribution is 6.29. The number of hydrogen-bond acceptors (Lipinski definition) is 3. The molecule has 1 atom stereocenters. The van der Waals surface area contributed by atoms with Crippen molar-refractivity contribution in [3.8, 4) is 0 Å². The zero-order valence-electron chi connectivity index (χ0n) is 8.63. The Labute approximate surface area is 101 Å². The lowest BCUT2D eigenvalue weighted by molar-refractivity contribution is -0.143. The highest BCUT2D eigenvalue weighted by atomic mass is 35.5. The van der Waals surface area contributed by atoms with Gasteiger partial charge in [-0.2, -0.15) is 0 Å². The summed E-state index contributed by atoms with van der Waals surface area (Å²) in [6.07, 6.45) is -1.21. The van der Waals surface area contributed by atoms with Crippen LogP contribution in [-0.4, -0.2) is 38.2 Å². The fourth-order valence-electron chi connectivity index (χ4n) is 1.83. The largest absolute Gasteiger partial charge is 0.480 e. The third-order valence-corrected chi connectivity index (χ3v) is 2.88. The highest BCUT2D eigenvalue weighted by Gasteiger charge is 2.35. The number of carbonyl (C=O) groups is 2. The van der Waals surface area contributed by atoms with Crippen molar-refractivity contribution < 1.29 is 19.8 Å². The number of amides is 1. The molecule has 17 heavy (non-hydrogen) atoms. The van der Waals surface area contributed by atoms with Crippen LogP contribution in [0.5, 0.6) is 0 Å². The summed E-state index contributed by atoms with van der Waals surface area (Å²) in [6.45, 7) is 0.0196. The molecule has 2 rings (SSSR count). The number of halogens is 1. The Bertz CT molecular complexity index is 491. The molecule has 0 aliphatic carbocycles. The second-order valence-corrected chi connectivity index (χ2v) is 4.10. The minimum absolute atomic E-state index is 0.0196. The topological polar surface area (TPSA) is 90.7 Å². The van der Waals surface area contributed by atoms with Gasteiger partial charge in [0.1, 0.15) is 11.2 Å². The van der Waals surface area contributed by atoms with Gasteiger partial charge in [-0.3, -0.25) is 4.90 Å². The van der Waals surface area contributed by atoms with E-state index in [4.69, 9.17) is 21.8 Å². The van der Waals surface area contributed by atoms with Crippen LogP contribution in [-0.2, 0) is 17.8 Å². The van der Waals surface area contributed by atoms with E-state index in [1.165, 1.54) is 0 Å². The Morgan fingerprint density at radius 1 is 1.41 bits per heavy atom. The maximum atomic E-state index is 11.0. The third kappa shape index (κ3) is 2.16. The van der Waals surface area contributed by atoms with Crippen molar-refractivity contribution in [2.24, 2.45) is 0 Å². The number of hydrogen-bond donors (Lipinski definition) is 2. The molecule has 0 spiro atoms. The summed E-state index contributed by atoms with van der Waals surface area (Å²) in [7, 11) is 0. The average Bonchev–Trinajstić information content (AvgIpc) is 2.26. The van der Waals surface area contributed by atoms with E-state index in [2.05, 4.69) is 4.98 Å². The first-order chi connectivity index (χ1) is 7.99. The standard InChI is InChI=1S/C10H9ClN2O4/c11-8-2-1-5-4-13(10(16)17)7(9(14)15)3-6(5)12-8/h1-2,7H,3-4H2,(H,14,15)(H,16,17). The molecule has 0 saturated carbocycles. The zero-order valence-corrected chi connectivity index (χ0v) is 9.39. The van der Waals surface area contributed by atoms with Gasteiger partial charge in [0.25, 0.3) is 0 Å². The number of carboxylic acids is 1. The van der Waals surface area contributed by atoms with Gasteiger partial charge in [0.15, 0.2) is 0 Å². The van der Waals surface area contributed by atoms with Crippen LogP contribution in [0.4, 0.5) is 4.79 Å². The van der Waals surface area contributed by atoms with E-state index in [1.807, 2.05) is 0 Å². The molecule has 2 N–H and O–H groups in total. The van der Waals surface area contributed by atoms with E-state index in [0.717, 1.165) is 4.90 Å². The minimum Gasteiger partial charge on any atom is -0.480 e. The Morgan fingerprint density at radius 2 is 2.12 bits per heavy atom. The van der Waals surface area contributed by atoms with Crippen LogP contribution in [0, 0.1) is 0 Å². The van der Waals surface area contributed by atoms with Crippen molar-refractivity contribution in [1.29, 1.82) is 0 Å². The Hall–Kier alpha value is -1.82. The van der Waals surface area contributed by atoms with Gasteiger partial charge in [-0.1, -0.05) is 17.7 Å². The summed E-state index contributed by atoms with van der Waals surface area (Å²) < 4.78 is 0. The number of nitrogens with zero attached hydrogens (tertiary/aromatic N) is 2. The van der Waals surface area contributed by atoms with Crippen molar-refractivity contribution in [3.05, 3.63) is 28.5 Å². The molecule has 0 aromatic carbocycles. The molecule has 0 fully saturated rings. The van der Waals surface area contributed by atoms with Crippen LogP contribution in [0.25, 0.3) is 0 Å². The Morgan fingerprint density at radius 3 is 2.71 bits per heavy atom. The van der Waals surface area contributed by atoms with E-state index in [-0.39, 0.29) is 18.1 Å². The highest BCUT2D eigenvalue weighted by Crippen LogP contribution is 2.23.